The largest absolute Gasteiger partial charge is 0.480 e. The first-order valence-electron chi connectivity index (χ1n) is 9.60. The van der Waals surface area contributed by atoms with Crippen molar-refractivity contribution in [1.29, 1.82) is 0 Å². The zero-order valence-corrected chi connectivity index (χ0v) is 17.4. The number of fused-ring (bicyclic) bond motifs is 3. The Kier molecular flexibility index (Phi) is 4.19. The third-order valence-electron chi connectivity index (χ3n) is 5.45. The van der Waals surface area contributed by atoms with E-state index in [1.54, 1.807) is 10.9 Å². The van der Waals surface area contributed by atoms with Gasteiger partial charge in [0.05, 0.1) is 5.70 Å². The highest BCUT2D eigenvalue weighted by Gasteiger charge is 2.41. The first-order valence-corrected chi connectivity index (χ1v) is 10.4. The van der Waals surface area contributed by atoms with E-state index in [-0.39, 0.29) is 6.04 Å². The fourth-order valence-electron chi connectivity index (χ4n) is 4.17. The fraction of sp³-hybridized carbons (Fsp3) is 0.0909. The zero-order valence-electron chi connectivity index (χ0n) is 15.9. The number of anilines is 1. The number of hydrogen-bond donors (Lipinski definition) is 1. The summed E-state index contributed by atoms with van der Waals surface area (Å²) in [5, 5.41) is 16.9. The van der Waals surface area contributed by atoms with Crippen molar-refractivity contribution < 1.29 is 4.74 Å². The van der Waals surface area contributed by atoms with Gasteiger partial charge in [-0.3, -0.25) is 4.98 Å². The molecular formula is C22H14Cl2N6O. The van der Waals surface area contributed by atoms with Crippen LogP contribution in [0.15, 0.2) is 72.6 Å². The molecule has 0 saturated heterocycles. The van der Waals surface area contributed by atoms with Gasteiger partial charge in [0.1, 0.15) is 17.9 Å². The Morgan fingerprint density at radius 3 is 2.68 bits per heavy atom. The monoisotopic (exact) mass is 448 g/mol. The van der Waals surface area contributed by atoms with Crippen LogP contribution in [0.3, 0.4) is 0 Å². The molecule has 0 amide bonds. The maximum Gasteiger partial charge on any atom is 0.248 e. The minimum atomic E-state index is -0.419. The van der Waals surface area contributed by atoms with Crippen molar-refractivity contribution in [3.63, 3.8) is 0 Å². The molecule has 0 fully saturated rings. The molecule has 9 heteroatoms. The number of rotatable bonds is 2. The molecule has 0 spiro atoms. The molecule has 152 valence electrons. The van der Waals surface area contributed by atoms with Gasteiger partial charge in [-0.2, -0.15) is 4.68 Å². The molecule has 0 aliphatic carbocycles. The minimum Gasteiger partial charge on any atom is -0.480 e. The summed E-state index contributed by atoms with van der Waals surface area (Å²) in [7, 11) is 0. The summed E-state index contributed by atoms with van der Waals surface area (Å²) in [5.74, 6) is 1.25. The maximum atomic E-state index is 6.52. The van der Waals surface area contributed by atoms with Crippen LogP contribution in [0.5, 0.6) is 5.75 Å². The van der Waals surface area contributed by atoms with Crippen molar-refractivity contribution in [3.05, 3.63) is 99.3 Å². The molecule has 0 saturated carbocycles. The topological polar surface area (TPSA) is 77.8 Å². The zero-order chi connectivity index (χ0) is 20.9. The van der Waals surface area contributed by atoms with E-state index in [0.717, 1.165) is 28.0 Å². The Labute approximate surface area is 187 Å². The summed E-state index contributed by atoms with van der Waals surface area (Å²) in [4.78, 5) is 4.32. The highest BCUT2D eigenvalue weighted by Crippen LogP contribution is 2.50. The van der Waals surface area contributed by atoms with Crippen LogP contribution < -0.4 is 10.1 Å². The Balaban J connectivity index is 1.65. The predicted octanol–water partition coefficient (Wildman–Crippen LogP) is 4.93. The third-order valence-corrected chi connectivity index (χ3v) is 5.92. The number of ether oxygens (including phenoxy) is 1. The van der Waals surface area contributed by atoms with E-state index >= 15 is 0 Å². The van der Waals surface area contributed by atoms with E-state index in [0.29, 0.717) is 21.7 Å². The van der Waals surface area contributed by atoms with Crippen molar-refractivity contribution in [3.8, 4) is 5.75 Å². The van der Waals surface area contributed by atoms with Crippen LogP contribution in [-0.4, -0.2) is 25.2 Å². The number of pyridine rings is 1. The van der Waals surface area contributed by atoms with Crippen LogP contribution in [0.1, 0.15) is 28.8 Å². The number of benzene rings is 2. The second-order valence-electron chi connectivity index (χ2n) is 7.28. The van der Waals surface area contributed by atoms with Gasteiger partial charge in [0.15, 0.2) is 0 Å². The average molecular weight is 449 g/mol. The summed E-state index contributed by atoms with van der Waals surface area (Å²) < 4.78 is 8.27. The number of tetrazole rings is 1. The van der Waals surface area contributed by atoms with Gasteiger partial charge in [-0.05, 0) is 58.0 Å². The number of nitrogens with zero attached hydrogens (tertiary/aromatic N) is 5. The molecule has 31 heavy (non-hydrogen) atoms. The predicted molar refractivity (Wildman–Crippen MR) is 117 cm³/mol. The van der Waals surface area contributed by atoms with Gasteiger partial charge in [-0.1, -0.05) is 46.5 Å². The van der Waals surface area contributed by atoms with Gasteiger partial charge in [0.25, 0.3) is 0 Å². The van der Waals surface area contributed by atoms with E-state index in [9.17, 15) is 0 Å². The smallest absolute Gasteiger partial charge is 0.248 e. The Morgan fingerprint density at radius 2 is 1.84 bits per heavy atom. The number of hydrogen-bond acceptors (Lipinski definition) is 6. The molecule has 0 unspecified atom stereocenters. The van der Waals surface area contributed by atoms with E-state index in [4.69, 9.17) is 27.9 Å². The quantitative estimate of drug-likeness (QED) is 0.468. The lowest BCUT2D eigenvalue weighted by Gasteiger charge is -2.38. The molecule has 0 bridgehead atoms. The van der Waals surface area contributed by atoms with E-state index in [2.05, 4.69) is 25.8 Å². The first-order chi connectivity index (χ1) is 15.2. The van der Waals surface area contributed by atoms with Gasteiger partial charge in [0.2, 0.25) is 5.95 Å². The van der Waals surface area contributed by atoms with Crippen LogP contribution in [-0.2, 0) is 0 Å². The molecule has 2 atom stereocenters. The van der Waals surface area contributed by atoms with Crippen LogP contribution >= 0.6 is 23.2 Å². The normalized spacial score (nSPS) is 19.0. The Bertz CT molecular complexity index is 1340. The number of aromatic nitrogens is 5. The molecule has 0 radical (unpaired) electrons. The van der Waals surface area contributed by atoms with Crippen LogP contribution in [0.4, 0.5) is 5.95 Å². The molecular weight excluding hydrogens is 435 g/mol. The third kappa shape index (κ3) is 2.97. The molecule has 2 aliphatic rings. The summed E-state index contributed by atoms with van der Waals surface area (Å²) in [6, 6.07) is 16.8. The van der Waals surface area contributed by atoms with Gasteiger partial charge >= 0.3 is 0 Å². The van der Waals surface area contributed by atoms with Crippen LogP contribution in [0.2, 0.25) is 10.0 Å². The molecule has 2 aromatic carbocycles. The molecule has 6 rings (SSSR count). The molecule has 2 aromatic heterocycles. The summed E-state index contributed by atoms with van der Waals surface area (Å²) in [5.41, 5.74) is 4.53. The first kappa shape index (κ1) is 18.4. The van der Waals surface area contributed by atoms with Crippen molar-refractivity contribution in [2.75, 3.05) is 5.32 Å². The summed E-state index contributed by atoms with van der Waals surface area (Å²) in [6.45, 7) is 0. The molecule has 1 N–H and O–H groups in total. The molecule has 4 aromatic rings. The molecule has 4 heterocycles. The Morgan fingerprint density at radius 1 is 0.968 bits per heavy atom. The van der Waals surface area contributed by atoms with Crippen molar-refractivity contribution in [2.45, 2.75) is 12.1 Å². The Hall–Kier alpha value is -3.42. The lowest BCUT2D eigenvalue weighted by Crippen LogP contribution is -2.32. The van der Waals surface area contributed by atoms with E-state index in [1.807, 2.05) is 60.8 Å². The lowest BCUT2D eigenvalue weighted by molar-refractivity contribution is 0.222. The number of halogens is 2. The van der Waals surface area contributed by atoms with Crippen LogP contribution in [0.25, 0.3) is 5.70 Å². The lowest BCUT2D eigenvalue weighted by atomic mass is 9.85. The molecule has 2 aliphatic heterocycles. The standard InChI is InChI=1S/C22H14Cl2N6O/c23-14-5-1-3-12(9-14)21-18-19(16-10-15(24)6-7-17(16)31-21)26-22-27-28-29-30(22)20(18)13-4-2-8-25-11-13/h1-11,20-21H,(H,26,27,29)/t20-,21+/m0/s1. The van der Waals surface area contributed by atoms with Crippen molar-refractivity contribution in [1.82, 2.24) is 25.2 Å². The van der Waals surface area contributed by atoms with E-state index < -0.39 is 6.10 Å². The van der Waals surface area contributed by atoms with Gasteiger partial charge < -0.3 is 10.1 Å². The fourth-order valence-corrected chi connectivity index (χ4v) is 4.54. The van der Waals surface area contributed by atoms with Gasteiger partial charge in [-0.25, -0.2) is 0 Å². The average Bonchev–Trinajstić information content (AvgIpc) is 3.26. The highest BCUT2D eigenvalue weighted by atomic mass is 35.5. The molecule has 7 nitrogen and oxygen atoms in total. The van der Waals surface area contributed by atoms with Crippen molar-refractivity contribution in [2.24, 2.45) is 0 Å². The second-order valence-corrected chi connectivity index (χ2v) is 8.16. The SMILES string of the molecule is Clc1cccc([C@H]2Oc3ccc(Cl)cc3C3=C2[C@H](c2cccnc2)n2nnnc2N3)c1. The van der Waals surface area contributed by atoms with Crippen molar-refractivity contribution >= 4 is 34.8 Å². The van der Waals surface area contributed by atoms with E-state index in [1.165, 1.54) is 0 Å². The van der Waals surface area contributed by atoms with Crippen LogP contribution in [0, 0.1) is 0 Å². The number of nitrogens with one attached hydrogen (secondary N) is 1. The summed E-state index contributed by atoms with van der Waals surface area (Å²) >= 11 is 12.7. The summed E-state index contributed by atoms with van der Waals surface area (Å²) in [6.07, 6.45) is 3.13. The van der Waals surface area contributed by atoms with Gasteiger partial charge in [0, 0.05) is 33.6 Å². The minimum absolute atomic E-state index is 0.328. The van der Waals surface area contributed by atoms with Gasteiger partial charge in [-0.15, -0.1) is 0 Å². The second kappa shape index (κ2) is 7.08. The highest BCUT2D eigenvalue weighted by molar-refractivity contribution is 6.31. The maximum absolute atomic E-state index is 6.52.